The molecule has 0 fully saturated rings. The van der Waals surface area contributed by atoms with Gasteiger partial charge in [-0.05, 0) is 35.4 Å². The van der Waals surface area contributed by atoms with Crippen LogP contribution < -0.4 is 0 Å². The Hall–Kier alpha value is -1.50. The fraction of sp³-hybridized carbons (Fsp3) is 0. The molecule has 0 bridgehead atoms. The molecular formula is C14H14O3Pb. The van der Waals surface area contributed by atoms with Crippen LogP contribution in [0.25, 0.3) is 12.2 Å². The quantitative estimate of drug-likeness (QED) is 0.498. The average Bonchev–Trinajstić information content (AvgIpc) is 2.27. The molecule has 0 aliphatic rings. The summed E-state index contributed by atoms with van der Waals surface area (Å²) < 4.78 is 0. The van der Waals surface area contributed by atoms with E-state index in [-0.39, 0.29) is 44.5 Å². The van der Waals surface area contributed by atoms with Gasteiger partial charge in [0, 0.05) is 6.07 Å². The molecule has 4 heteroatoms. The van der Waals surface area contributed by atoms with Gasteiger partial charge in [-0.1, -0.05) is 24.3 Å². The van der Waals surface area contributed by atoms with Gasteiger partial charge in [-0.2, -0.15) is 0 Å². The maximum atomic E-state index is 9.30. The Morgan fingerprint density at radius 2 is 1.11 bits per heavy atom. The van der Waals surface area contributed by atoms with Gasteiger partial charge in [0.2, 0.25) is 0 Å². The Morgan fingerprint density at radius 3 is 1.67 bits per heavy atom. The van der Waals surface area contributed by atoms with Crippen LogP contribution in [0.2, 0.25) is 0 Å². The van der Waals surface area contributed by atoms with Crippen molar-refractivity contribution in [3.05, 3.63) is 53.6 Å². The van der Waals surface area contributed by atoms with Crippen LogP contribution in [-0.4, -0.2) is 42.6 Å². The summed E-state index contributed by atoms with van der Waals surface area (Å²) in [5.74, 6) is 0.267. The van der Waals surface area contributed by atoms with Gasteiger partial charge >= 0.3 is 27.3 Å². The van der Waals surface area contributed by atoms with Crippen molar-refractivity contribution in [3.63, 3.8) is 0 Å². The van der Waals surface area contributed by atoms with E-state index >= 15 is 0 Å². The molecule has 2 radical (unpaired) electrons. The van der Waals surface area contributed by atoms with Gasteiger partial charge in [0.05, 0.1) is 0 Å². The van der Waals surface area contributed by atoms with E-state index in [1.54, 1.807) is 42.5 Å². The molecule has 0 aliphatic carbocycles. The zero-order valence-corrected chi connectivity index (χ0v) is 15.2. The molecule has 2 rings (SSSR count). The van der Waals surface area contributed by atoms with Crippen LogP contribution in [0.15, 0.2) is 42.5 Å². The maximum absolute atomic E-state index is 9.30. The molecule has 18 heavy (non-hydrogen) atoms. The van der Waals surface area contributed by atoms with Crippen molar-refractivity contribution < 1.29 is 15.3 Å². The van der Waals surface area contributed by atoms with E-state index in [1.165, 1.54) is 6.07 Å². The molecule has 3 N–H and O–H groups in total. The second-order valence-corrected chi connectivity index (χ2v) is 3.71. The molecule has 0 saturated carbocycles. The van der Waals surface area contributed by atoms with Gasteiger partial charge in [0.1, 0.15) is 17.2 Å². The second-order valence-electron chi connectivity index (χ2n) is 3.71. The van der Waals surface area contributed by atoms with Crippen LogP contribution in [0, 0.1) is 0 Å². The Kier molecular flexibility index (Phi) is 5.21. The summed E-state index contributed by atoms with van der Waals surface area (Å²) in [5, 5.41) is 27.7. The number of hydrogen-bond donors (Lipinski definition) is 3. The van der Waals surface area contributed by atoms with E-state index in [2.05, 4.69) is 0 Å². The number of benzene rings is 2. The summed E-state index contributed by atoms with van der Waals surface area (Å²) in [5.41, 5.74) is 1.63. The van der Waals surface area contributed by atoms with Crippen LogP contribution in [0.1, 0.15) is 11.1 Å². The third-order valence-corrected chi connectivity index (χ3v) is 2.29. The molecule has 0 aromatic heterocycles. The standard InChI is InChI=1S/C14H12O3.Pb.2H/c15-12-5-3-10(4-6-12)1-2-11-7-13(16)9-14(17)8-11;;;/h1-9,15-17H;;;/b2-1+;;;. The van der Waals surface area contributed by atoms with Crippen LogP contribution in [0.5, 0.6) is 17.2 Å². The number of phenolic OH excluding ortho intramolecular Hbond substituents is 3. The minimum atomic E-state index is 0. The average molecular weight is 437 g/mol. The van der Waals surface area contributed by atoms with E-state index in [0.29, 0.717) is 5.56 Å². The summed E-state index contributed by atoms with van der Waals surface area (Å²) in [6, 6.07) is 11.1. The molecule has 0 amide bonds. The first kappa shape index (κ1) is 14.6. The molecule has 92 valence electrons. The van der Waals surface area contributed by atoms with Crippen molar-refractivity contribution in [2.24, 2.45) is 0 Å². The Balaban J connectivity index is 0.00000162. The molecule has 0 atom stereocenters. The minimum absolute atomic E-state index is 0. The van der Waals surface area contributed by atoms with E-state index in [1.807, 2.05) is 6.08 Å². The summed E-state index contributed by atoms with van der Waals surface area (Å²) >= 11 is 0. The normalized spacial score (nSPS) is 10.2. The topological polar surface area (TPSA) is 60.7 Å². The van der Waals surface area contributed by atoms with Crippen molar-refractivity contribution in [2.75, 3.05) is 0 Å². The first-order valence-electron chi connectivity index (χ1n) is 5.13. The third-order valence-electron chi connectivity index (χ3n) is 2.29. The molecule has 0 saturated heterocycles. The second kappa shape index (κ2) is 6.44. The SMILES string of the molecule is Oc1ccc(/C=C/c2cc(O)cc(O)c2)cc1.[PbH2]. The van der Waals surface area contributed by atoms with Crippen molar-refractivity contribution in [3.8, 4) is 17.2 Å². The number of aromatic hydroxyl groups is 3. The van der Waals surface area contributed by atoms with Gasteiger partial charge in [-0.3, -0.25) is 0 Å². The molecule has 3 nitrogen and oxygen atoms in total. The number of hydrogen-bond acceptors (Lipinski definition) is 3. The zero-order valence-electron chi connectivity index (χ0n) is 9.74. The predicted octanol–water partition coefficient (Wildman–Crippen LogP) is 2.06. The van der Waals surface area contributed by atoms with Crippen molar-refractivity contribution >= 4 is 39.5 Å². The number of rotatable bonds is 2. The summed E-state index contributed by atoms with van der Waals surface area (Å²) in [7, 11) is 0. The molecular weight excluding hydrogens is 423 g/mol. The van der Waals surface area contributed by atoms with Crippen molar-refractivity contribution in [1.29, 1.82) is 0 Å². The van der Waals surface area contributed by atoms with E-state index in [0.717, 1.165) is 5.56 Å². The van der Waals surface area contributed by atoms with Crippen molar-refractivity contribution in [2.45, 2.75) is 0 Å². The van der Waals surface area contributed by atoms with Gasteiger partial charge in [0.25, 0.3) is 0 Å². The number of phenols is 3. The van der Waals surface area contributed by atoms with E-state index in [4.69, 9.17) is 5.11 Å². The molecule has 0 heterocycles. The van der Waals surface area contributed by atoms with Gasteiger partial charge in [-0.25, -0.2) is 0 Å². The predicted molar refractivity (Wildman–Crippen MR) is 75.4 cm³/mol. The molecule has 0 aliphatic heterocycles. The summed E-state index contributed by atoms with van der Waals surface area (Å²) in [6.45, 7) is 0. The fourth-order valence-corrected chi connectivity index (χ4v) is 1.49. The van der Waals surface area contributed by atoms with Crippen LogP contribution in [-0.2, 0) is 0 Å². The molecule has 0 unspecified atom stereocenters. The molecule has 2 aromatic carbocycles. The zero-order chi connectivity index (χ0) is 12.3. The monoisotopic (exact) mass is 438 g/mol. The fourth-order valence-electron chi connectivity index (χ4n) is 1.49. The van der Waals surface area contributed by atoms with Gasteiger partial charge < -0.3 is 15.3 Å². The van der Waals surface area contributed by atoms with Crippen LogP contribution >= 0.6 is 0 Å². The van der Waals surface area contributed by atoms with Crippen LogP contribution in [0.3, 0.4) is 0 Å². The van der Waals surface area contributed by atoms with Gasteiger partial charge in [-0.15, -0.1) is 0 Å². The first-order valence-corrected chi connectivity index (χ1v) is 5.13. The van der Waals surface area contributed by atoms with Gasteiger partial charge in [0.15, 0.2) is 0 Å². The summed E-state index contributed by atoms with van der Waals surface area (Å²) in [6.07, 6.45) is 3.60. The molecule has 0 spiro atoms. The van der Waals surface area contributed by atoms with E-state index in [9.17, 15) is 10.2 Å². The van der Waals surface area contributed by atoms with Crippen molar-refractivity contribution in [1.82, 2.24) is 0 Å². The summed E-state index contributed by atoms with van der Waals surface area (Å²) in [4.78, 5) is 0. The van der Waals surface area contributed by atoms with E-state index < -0.39 is 0 Å². The Morgan fingerprint density at radius 1 is 0.611 bits per heavy atom. The van der Waals surface area contributed by atoms with Crippen LogP contribution in [0.4, 0.5) is 0 Å². The third kappa shape index (κ3) is 4.07. The molecule has 2 aromatic rings. The Bertz CT molecular complexity index is 527. The Labute approximate surface area is 125 Å². The first-order chi connectivity index (χ1) is 8.13.